The first kappa shape index (κ1) is 21.2. The van der Waals surface area contributed by atoms with Crippen molar-refractivity contribution >= 4 is 22.7 Å². The van der Waals surface area contributed by atoms with E-state index in [2.05, 4.69) is 25.4 Å². The molecule has 11 nitrogen and oxygen atoms in total. The highest BCUT2D eigenvalue weighted by Gasteiger charge is 2.47. The molecule has 0 unspecified atom stereocenters. The fraction of sp³-hybridized carbons (Fsp3) is 0.333. The van der Waals surface area contributed by atoms with Crippen molar-refractivity contribution < 1.29 is 28.6 Å². The monoisotopic (exact) mass is 456 g/mol. The summed E-state index contributed by atoms with van der Waals surface area (Å²) < 4.78 is 32.1. The number of nitrogens with zero attached hydrogens (tertiary/aromatic N) is 5. The fourth-order valence-corrected chi connectivity index (χ4v) is 3.70. The molecular formula is C21H21FN6O5. The molecule has 4 atom stereocenters. The molecule has 0 radical (unpaired) electrons. The molecule has 12 heteroatoms. The summed E-state index contributed by atoms with van der Waals surface area (Å²) in [6.45, 7) is 1.92. The number of aliphatic hydroxyl groups excluding tert-OH is 2. The quantitative estimate of drug-likeness (QED) is 0.396. The lowest BCUT2D eigenvalue weighted by molar-refractivity contribution is -0.0434. The molecule has 4 aromatic rings. The van der Waals surface area contributed by atoms with Crippen molar-refractivity contribution in [1.29, 1.82) is 0 Å². The summed E-state index contributed by atoms with van der Waals surface area (Å²) >= 11 is 0. The largest absolute Gasteiger partial charge is 0.467 e. The molecule has 5 rings (SSSR count). The van der Waals surface area contributed by atoms with Crippen molar-refractivity contribution in [2.45, 2.75) is 37.9 Å². The second-order valence-electron chi connectivity index (χ2n) is 7.49. The second-order valence-corrected chi connectivity index (χ2v) is 7.49. The van der Waals surface area contributed by atoms with Crippen molar-refractivity contribution in [3.8, 4) is 6.01 Å². The van der Waals surface area contributed by atoms with Crippen molar-refractivity contribution in [2.24, 2.45) is 0 Å². The average molecular weight is 456 g/mol. The third kappa shape index (κ3) is 3.67. The predicted octanol–water partition coefficient (Wildman–Crippen LogP) is 2.26. The molecule has 3 N–H and O–H groups in total. The highest BCUT2D eigenvalue weighted by Crippen LogP contribution is 2.40. The minimum absolute atomic E-state index is 0.00417. The van der Waals surface area contributed by atoms with Crippen molar-refractivity contribution in [3.63, 3.8) is 0 Å². The number of benzene rings is 1. The highest BCUT2D eigenvalue weighted by atomic mass is 19.1. The molecular weight excluding hydrogens is 435 g/mol. The number of nitrogens with one attached hydrogen (secondary N) is 1. The number of anilines is 2. The molecule has 1 fully saturated rings. The maximum atomic E-state index is 14.2. The molecule has 172 valence electrons. The summed E-state index contributed by atoms with van der Waals surface area (Å²) in [6, 6.07) is 7.79. The van der Waals surface area contributed by atoms with Gasteiger partial charge in [0.2, 0.25) is 0 Å². The Balaban J connectivity index is 1.53. The Bertz CT molecular complexity index is 1290. The first-order chi connectivity index (χ1) is 16.0. The zero-order valence-electron chi connectivity index (χ0n) is 17.7. The number of aromatic nitrogens is 5. The zero-order valence-corrected chi connectivity index (χ0v) is 17.7. The predicted molar refractivity (Wildman–Crippen MR) is 112 cm³/mol. The van der Waals surface area contributed by atoms with Crippen LogP contribution in [0.15, 0.2) is 41.2 Å². The van der Waals surface area contributed by atoms with Gasteiger partial charge < -0.3 is 29.5 Å². The Morgan fingerprint density at radius 2 is 2.03 bits per heavy atom. The van der Waals surface area contributed by atoms with Crippen LogP contribution in [0.5, 0.6) is 6.01 Å². The van der Waals surface area contributed by atoms with Gasteiger partial charge in [-0.25, -0.2) is 9.37 Å². The fourth-order valence-electron chi connectivity index (χ4n) is 3.70. The van der Waals surface area contributed by atoms with Crippen molar-refractivity contribution in [3.05, 3.63) is 53.9 Å². The standard InChI is InChI=1S/C21H21FN6O5/c1-3-10-8-13(33-27-10)17-15(29)16(30)20(32-17)28-9-23-14-18(25-21(31-2)26-19(14)28)24-12-7-5-4-6-11(12)22/h4-9,15-17,20,29-30H,3H2,1-2H3,(H,24,25,26)/t15-,16+,17+,20+/m0/s1. The number of aryl methyl sites for hydroxylation is 1. The van der Waals surface area contributed by atoms with Crippen LogP contribution >= 0.6 is 0 Å². The molecule has 0 bridgehead atoms. The van der Waals surface area contributed by atoms with Gasteiger partial charge in [-0.15, -0.1) is 0 Å². The van der Waals surface area contributed by atoms with Crippen LogP contribution in [-0.4, -0.2) is 54.2 Å². The van der Waals surface area contributed by atoms with Gasteiger partial charge >= 0.3 is 6.01 Å². The van der Waals surface area contributed by atoms with Gasteiger partial charge in [-0.3, -0.25) is 4.57 Å². The number of fused-ring (bicyclic) bond motifs is 1. The number of rotatable bonds is 6. The Morgan fingerprint density at radius 3 is 2.76 bits per heavy atom. The van der Waals surface area contributed by atoms with Gasteiger partial charge in [0.05, 0.1) is 24.8 Å². The van der Waals surface area contributed by atoms with Crippen molar-refractivity contribution in [2.75, 3.05) is 12.4 Å². The number of hydrogen-bond donors (Lipinski definition) is 3. The number of halogens is 1. The van der Waals surface area contributed by atoms with E-state index in [-0.39, 0.29) is 23.2 Å². The molecule has 33 heavy (non-hydrogen) atoms. The molecule has 4 heterocycles. The topological polar surface area (TPSA) is 141 Å². The molecule has 1 saturated heterocycles. The normalized spacial score (nSPS) is 22.7. The Hall–Kier alpha value is -3.61. The smallest absolute Gasteiger partial charge is 0.320 e. The van der Waals surface area contributed by atoms with E-state index in [0.29, 0.717) is 23.4 Å². The first-order valence-corrected chi connectivity index (χ1v) is 10.3. The van der Waals surface area contributed by atoms with Gasteiger partial charge in [-0.05, 0) is 18.6 Å². The van der Waals surface area contributed by atoms with Crippen LogP contribution in [0.1, 0.15) is 30.7 Å². The van der Waals surface area contributed by atoms with E-state index in [0.717, 1.165) is 0 Å². The molecule has 1 aromatic carbocycles. The van der Waals surface area contributed by atoms with Crippen LogP contribution in [0.3, 0.4) is 0 Å². The zero-order chi connectivity index (χ0) is 23.1. The molecule has 0 amide bonds. The summed E-state index contributed by atoms with van der Waals surface area (Å²) in [4.78, 5) is 12.9. The Kier molecular flexibility index (Phi) is 5.40. The van der Waals surface area contributed by atoms with E-state index < -0.39 is 30.4 Å². The number of aliphatic hydroxyl groups is 2. The Labute approximate surface area is 186 Å². The van der Waals surface area contributed by atoms with Crippen LogP contribution < -0.4 is 10.1 Å². The maximum absolute atomic E-state index is 14.2. The van der Waals surface area contributed by atoms with Gasteiger partial charge in [0.1, 0.15) is 24.1 Å². The lowest BCUT2D eigenvalue weighted by atomic mass is 10.1. The minimum atomic E-state index is -1.31. The lowest BCUT2D eigenvalue weighted by Crippen LogP contribution is -2.28. The number of ether oxygens (including phenoxy) is 2. The highest BCUT2D eigenvalue weighted by molar-refractivity contribution is 5.85. The Morgan fingerprint density at radius 1 is 1.21 bits per heavy atom. The maximum Gasteiger partial charge on any atom is 0.320 e. The number of imidazole rings is 1. The molecule has 0 saturated carbocycles. The molecule has 0 spiro atoms. The first-order valence-electron chi connectivity index (χ1n) is 10.3. The SMILES string of the molecule is CCc1cc([C@H]2O[C@@H](n3cnc4c(Nc5ccccc5F)nc(OC)nc43)[C@H](O)[C@@H]2O)on1. The third-order valence-corrected chi connectivity index (χ3v) is 5.44. The van der Waals surface area contributed by atoms with E-state index in [1.807, 2.05) is 6.92 Å². The van der Waals surface area contributed by atoms with E-state index >= 15 is 0 Å². The number of para-hydroxylation sites is 1. The number of hydrogen-bond acceptors (Lipinski definition) is 10. The summed E-state index contributed by atoms with van der Waals surface area (Å²) in [6.07, 6.45) is -2.51. The van der Waals surface area contributed by atoms with Gasteiger partial charge in [0, 0.05) is 6.07 Å². The lowest BCUT2D eigenvalue weighted by Gasteiger charge is -2.16. The van der Waals surface area contributed by atoms with Crippen LogP contribution in [0.2, 0.25) is 0 Å². The van der Waals surface area contributed by atoms with Gasteiger partial charge in [0.25, 0.3) is 0 Å². The van der Waals surface area contributed by atoms with Gasteiger partial charge in [0.15, 0.2) is 29.0 Å². The van der Waals surface area contributed by atoms with Crippen LogP contribution in [0, 0.1) is 5.82 Å². The number of methoxy groups -OCH3 is 1. The van der Waals surface area contributed by atoms with Gasteiger partial charge in [-0.2, -0.15) is 9.97 Å². The van der Waals surface area contributed by atoms with Gasteiger partial charge in [-0.1, -0.05) is 24.2 Å². The molecule has 3 aromatic heterocycles. The summed E-state index contributed by atoms with van der Waals surface area (Å²) in [5.74, 6) is 0.0363. The summed E-state index contributed by atoms with van der Waals surface area (Å²) in [5.41, 5.74) is 1.44. The minimum Gasteiger partial charge on any atom is -0.467 e. The third-order valence-electron chi connectivity index (χ3n) is 5.44. The van der Waals surface area contributed by atoms with Crippen LogP contribution in [-0.2, 0) is 11.2 Å². The summed E-state index contributed by atoms with van der Waals surface area (Å²) in [5, 5.41) is 28.1. The molecule has 0 aliphatic carbocycles. The van der Waals surface area contributed by atoms with E-state index in [1.165, 1.54) is 24.1 Å². The average Bonchev–Trinajstić information content (AvgIpc) is 3.54. The van der Waals surface area contributed by atoms with E-state index in [4.69, 9.17) is 14.0 Å². The second kappa shape index (κ2) is 8.39. The van der Waals surface area contributed by atoms with Crippen LogP contribution in [0.25, 0.3) is 11.2 Å². The summed E-state index contributed by atoms with van der Waals surface area (Å²) in [7, 11) is 1.39. The van der Waals surface area contributed by atoms with E-state index in [1.54, 1.807) is 24.3 Å². The van der Waals surface area contributed by atoms with Crippen molar-refractivity contribution in [1.82, 2.24) is 24.7 Å². The molecule has 1 aliphatic heterocycles. The van der Waals surface area contributed by atoms with Crippen LogP contribution in [0.4, 0.5) is 15.9 Å². The molecule has 1 aliphatic rings. The van der Waals surface area contributed by atoms with E-state index in [9.17, 15) is 14.6 Å².